The zero-order chi connectivity index (χ0) is 20.4. The third kappa shape index (κ3) is 3.80. The Hall–Kier alpha value is -2.13. The van der Waals surface area contributed by atoms with Gasteiger partial charge in [0.2, 0.25) is 0 Å². The summed E-state index contributed by atoms with van der Waals surface area (Å²) in [6.07, 6.45) is 7.57. The molecule has 2 aromatic carbocycles. The van der Waals surface area contributed by atoms with Crippen LogP contribution < -0.4 is 28.5 Å². The van der Waals surface area contributed by atoms with Crippen molar-refractivity contribution in [3.05, 3.63) is 90.0 Å². The molecule has 0 bridgehead atoms. The Balaban J connectivity index is 0.00000256. The number of nitriles is 1. The van der Waals surface area contributed by atoms with Crippen molar-refractivity contribution in [2.24, 2.45) is 13.0 Å². The third-order valence-electron chi connectivity index (χ3n) is 6.64. The van der Waals surface area contributed by atoms with Crippen molar-refractivity contribution in [3.8, 4) is 6.07 Å². The summed E-state index contributed by atoms with van der Waals surface area (Å²) < 4.78 is 4.70. The maximum atomic E-state index is 10.6. The highest BCUT2D eigenvalue weighted by Crippen LogP contribution is 2.49. The van der Waals surface area contributed by atoms with Crippen LogP contribution in [0.25, 0.3) is 0 Å². The van der Waals surface area contributed by atoms with E-state index in [-0.39, 0.29) is 29.9 Å². The third-order valence-corrected chi connectivity index (χ3v) is 6.64. The van der Waals surface area contributed by atoms with Crippen LogP contribution in [0.5, 0.6) is 0 Å². The van der Waals surface area contributed by atoms with E-state index < -0.39 is 5.41 Å². The number of imidazole rings is 1. The van der Waals surface area contributed by atoms with Crippen LogP contribution >= 0.6 is 0 Å². The van der Waals surface area contributed by atoms with Gasteiger partial charge in [0, 0.05) is 0 Å². The lowest BCUT2D eigenvalue weighted by Gasteiger charge is -2.34. The second-order valence-electron chi connectivity index (χ2n) is 8.64. The highest BCUT2D eigenvalue weighted by molar-refractivity contribution is 5.47. The van der Waals surface area contributed by atoms with Crippen molar-refractivity contribution < 1.29 is 28.5 Å². The zero-order valence-corrected chi connectivity index (χ0v) is 20.2. The van der Waals surface area contributed by atoms with Gasteiger partial charge in [-0.3, -0.25) is 0 Å². The Kier molecular flexibility index (Phi) is 7.02. The number of aryl methyl sites for hydroxylation is 1. The van der Waals surface area contributed by atoms with E-state index in [2.05, 4.69) is 97.0 Å². The van der Waals surface area contributed by atoms with Crippen molar-refractivity contribution in [1.82, 2.24) is 4.57 Å². The quantitative estimate of drug-likeness (QED) is 0.383. The van der Waals surface area contributed by atoms with Gasteiger partial charge < -0.3 is 24.0 Å². The van der Waals surface area contributed by atoms with Gasteiger partial charge in [-0.1, -0.05) is 74.5 Å². The molecule has 0 amide bonds. The zero-order valence-electron chi connectivity index (χ0n) is 18.0. The van der Waals surface area contributed by atoms with Crippen molar-refractivity contribution in [2.75, 3.05) is 0 Å². The maximum Gasteiger partial charge on any atom is 0.258 e. The van der Waals surface area contributed by atoms with Gasteiger partial charge in [0.25, 0.3) is 5.82 Å². The summed E-state index contributed by atoms with van der Waals surface area (Å²) in [6.45, 7) is 4.51. The molecule has 4 rings (SSSR count). The van der Waals surface area contributed by atoms with Gasteiger partial charge in [-0.05, 0) is 36.3 Å². The molecule has 4 heteroatoms. The fourth-order valence-electron chi connectivity index (χ4n) is 5.39. The van der Waals surface area contributed by atoms with Crippen LogP contribution in [0.15, 0.2) is 73.1 Å². The summed E-state index contributed by atoms with van der Waals surface area (Å²) in [4.78, 5) is 0. The summed E-state index contributed by atoms with van der Waals surface area (Å²) >= 11 is 0. The van der Waals surface area contributed by atoms with E-state index in [1.165, 1.54) is 5.82 Å². The minimum absolute atomic E-state index is 0. The van der Waals surface area contributed by atoms with Crippen molar-refractivity contribution in [1.29, 1.82) is 5.26 Å². The van der Waals surface area contributed by atoms with Crippen LogP contribution in [-0.2, 0) is 12.5 Å². The molecule has 1 saturated carbocycles. The van der Waals surface area contributed by atoms with Gasteiger partial charge >= 0.3 is 0 Å². The molecule has 0 spiro atoms. The Morgan fingerprint density at radius 2 is 1.57 bits per heavy atom. The number of benzene rings is 2. The summed E-state index contributed by atoms with van der Waals surface area (Å²) in [6, 6.07) is 24.0. The predicted octanol–water partition coefficient (Wildman–Crippen LogP) is 2.29. The van der Waals surface area contributed by atoms with E-state index in [1.807, 2.05) is 12.1 Å². The molecular weight excluding hydrogens is 481 g/mol. The van der Waals surface area contributed by atoms with E-state index in [0.29, 0.717) is 12.0 Å². The molecule has 0 N–H and O–H groups in total. The van der Waals surface area contributed by atoms with Crippen LogP contribution in [0.2, 0.25) is 0 Å². The monoisotopic (exact) mass is 511 g/mol. The highest BCUT2D eigenvalue weighted by Gasteiger charge is 2.47. The average molecular weight is 511 g/mol. The number of hydrogen-bond donors (Lipinski definition) is 0. The predicted molar refractivity (Wildman–Crippen MR) is 115 cm³/mol. The molecule has 3 nitrogen and oxygen atoms in total. The molecule has 30 heavy (non-hydrogen) atoms. The van der Waals surface area contributed by atoms with E-state index in [1.54, 1.807) is 0 Å². The number of hydrogen-bond acceptors (Lipinski definition) is 1. The number of halogens is 1. The molecule has 1 aliphatic rings. The van der Waals surface area contributed by atoms with E-state index >= 15 is 0 Å². The highest BCUT2D eigenvalue weighted by atomic mass is 127. The topological polar surface area (TPSA) is 32.6 Å². The van der Waals surface area contributed by atoms with Gasteiger partial charge in [0.15, 0.2) is 0 Å². The average Bonchev–Trinajstić information content (AvgIpc) is 3.38. The summed E-state index contributed by atoms with van der Waals surface area (Å²) in [5.41, 5.74) is 1.62. The smallest absolute Gasteiger partial charge is 0.258 e. The molecule has 1 aromatic heterocycles. The maximum absolute atomic E-state index is 10.6. The molecule has 1 aliphatic carbocycles. The molecule has 1 fully saturated rings. The van der Waals surface area contributed by atoms with E-state index in [4.69, 9.17) is 0 Å². The van der Waals surface area contributed by atoms with E-state index in [9.17, 15) is 5.26 Å². The number of rotatable bonds is 5. The summed E-state index contributed by atoms with van der Waals surface area (Å²) in [5.74, 6) is 2.12. The van der Waals surface area contributed by atoms with E-state index in [0.717, 1.165) is 30.4 Å². The minimum atomic E-state index is -0.607. The largest absolute Gasteiger partial charge is 1.00 e. The first-order valence-electron chi connectivity index (χ1n) is 10.7. The second-order valence-corrected chi connectivity index (χ2v) is 8.64. The lowest BCUT2D eigenvalue weighted by molar-refractivity contribution is -0.680. The standard InChI is InChI=1S/C26H30N3.HI/c1-20(2)25-28(3)16-17-29(25)24-15-14-23(18-24)26(19-27,21-10-6-4-7-11-21)22-12-8-5-9-13-22;/h4-13,16-17,20,23-24H,14-15,18H2,1-3H3;1H/q+1;/p-1/t23-,24+;/m0./s1. The van der Waals surface area contributed by atoms with Crippen LogP contribution in [0.4, 0.5) is 0 Å². The Morgan fingerprint density at radius 3 is 2.07 bits per heavy atom. The van der Waals surface area contributed by atoms with Crippen LogP contribution in [0, 0.1) is 17.2 Å². The molecule has 0 radical (unpaired) electrons. The summed E-state index contributed by atoms with van der Waals surface area (Å²) in [7, 11) is 2.13. The normalized spacial score (nSPS) is 18.8. The fraction of sp³-hybridized carbons (Fsp3) is 0.385. The fourth-order valence-corrected chi connectivity index (χ4v) is 5.39. The lowest BCUT2D eigenvalue weighted by atomic mass is 9.66. The Morgan fingerprint density at radius 1 is 1.00 bits per heavy atom. The molecule has 3 aromatic rings. The summed E-state index contributed by atoms with van der Waals surface area (Å²) in [5, 5.41) is 10.6. The molecule has 0 unspecified atom stereocenters. The van der Waals surface area contributed by atoms with Crippen molar-refractivity contribution in [2.45, 2.75) is 50.5 Å². The molecule has 156 valence electrons. The van der Waals surface area contributed by atoms with Gasteiger partial charge in [-0.25, -0.2) is 9.13 Å². The molecular formula is C26H30IN3. The first kappa shape index (κ1) is 22.6. The minimum Gasteiger partial charge on any atom is -1.00 e. The molecule has 0 aliphatic heterocycles. The van der Waals surface area contributed by atoms with Gasteiger partial charge in [0.1, 0.15) is 23.9 Å². The first-order chi connectivity index (χ1) is 14.1. The first-order valence-corrected chi connectivity index (χ1v) is 10.7. The Labute approximate surface area is 197 Å². The SMILES string of the molecule is CC(C)c1n([C@@H]2CC[C@H](C(C#N)(c3ccccc3)c3ccccc3)C2)cc[n+]1C.[I-]. The molecule has 2 atom stereocenters. The van der Waals surface area contributed by atoms with Crippen molar-refractivity contribution in [3.63, 3.8) is 0 Å². The molecule has 0 saturated heterocycles. The van der Waals surface area contributed by atoms with Crippen LogP contribution in [-0.4, -0.2) is 4.57 Å². The van der Waals surface area contributed by atoms with Crippen molar-refractivity contribution >= 4 is 0 Å². The van der Waals surface area contributed by atoms with Gasteiger partial charge in [-0.15, -0.1) is 0 Å². The van der Waals surface area contributed by atoms with Crippen LogP contribution in [0.1, 0.15) is 62.0 Å². The lowest BCUT2D eigenvalue weighted by Crippen LogP contribution is -3.00. The molecule has 1 heterocycles. The number of nitrogens with zero attached hydrogens (tertiary/aromatic N) is 3. The van der Waals surface area contributed by atoms with Gasteiger partial charge in [0.05, 0.1) is 19.0 Å². The Bertz CT molecular complexity index is 962. The second kappa shape index (κ2) is 9.34. The van der Waals surface area contributed by atoms with Crippen LogP contribution in [0.3, 0.4) is 0 Å². The van der Waals surface area contributed by atoms with Gasteiger partial charge in [-0.2, -0.15) is 5.26 Å². The number of aromatic nitrogens is 2.